The smallest absolute Gasteiger partial charge is 0.366 e. The maximum absolute atomic E-state index is 3.70. The Labute approximate surface area is 37.1 Å². The minimum Gasteiger partial charge on any atom is -0.366 e. The third-order valence-electron chi connectivity index (χ3n) is 0.536. The second-order valence-corrected chi connectivity index (χ2v) is 0.992. The Morgan fingerprint density at radius 1 is 1.83 bits per heavy atom. The van der Waals surface area contributed by atoms with Crippen molar-refractivity contribution in [3.05, 3.63) is 0 Å². The van der Waals surface area contributed by atoms with Crippen molar-refractivity contribution in [2.45, 2.75) is 0 Å². The Balaban J connectivity index is 2.26. The summed E-state index contributed by atoms with van der Waals surface area (Å²) in [7, 11) is 1.65. The van der Waals surface area contributed by atoms with E-state index in [0.29, 0.717) is 0 Å². The van der Waals surface area contributed by atoms with E-state index in [1.807, 2.05) is 0 Å². The molecule has 31 valence electrons. The van der Waals surface area contributed by atoms with E-state index in [1.54, 1.807) is 13.9 Å². The van der Waals surface area contributed by atoms with Crippen LogP contribution in [-0.2, 0) is 0 Å². The second-order valence-electron chi connectivity index (χ2n) is 0.992. The number of hydrogen-bond donors (Lipinski definition) is 2. The fraction of sp³-hybridized carbons (Fsp3) is 0.500. The van der Waals surface area contributed by atoms with Crippen molar-refractivity contribution in [3.8, 4) is 0 Å². The van der Waals surface area contributed by atoms with E-state index in [-0.39, 0.29) is 0 Å². The van der Waals surface area contributed by atoms with Gasteiger partial charge in [-0.3, -0.25) is 0 Å². The maximum Gasteiger partial charge on any atom is 0.373 e. The van der Waals surface area contributed by atoms with Gasteiger partial charge in [-0.2, -0.15) is 0 Å². The monoisotopic (exact) mass is 82.1 g/mol. The van der Waals surface area contributed by atoms with E-state index in [2.05, 4.69) is 15.4 Å². The van der Waals surface area contributed by atoms with Gasteiger partial charge in [0.05, 0.1) is 13.0 Å². The topological polar surface area (TPSA) is 36.4 Å². The SMILES string of the molecule is [B]1N=CNCN1. The molecule has 2 N–H and O–H groups in total. The maximum atomic E-state index is 3.70. The van der Waals surface area contributed by atoms with Gasteiger partial charge in [-0.1, -0.05) is 0 Å². The molecule has 1 radical (unpaired) electrons. The minimum atomic E-state index is 0.795. The molecule has 0 bridgehead atoms. The lowest BCUT2D eigenvalue weighted by atomic mass is 10.2. The number of nitrogens with one attached hydrogen (secondary N) is 2. The molecule has 0 amide bonds. The number of nitrogens with zero attached hydrogens (tertiary/aromatic N) is 1. The molecule has 1 aliphatic rings. The number of hydrogen-bond acceptors (Lipinski definition) is 3. The summed E-state index contributed by atoms with van der Waals surface area (Å²) in [5.41, 5.74) is 0. The molecular formula is C2H5BN3. The Hall–Kier alpha value is -0.505. The summed E-state index contributed by atoms with van der Waals surface area (Å²) in [5, 5.41) is 5.70. The summed E-state index contributed by atoms with van der Waals surface area (Å²) in [6.07, 6.45) is 1.65. The van der Waals surface area contributed by atoms with Gasteiger partial charge in [-0.25, -0.2) is 0 Å². The Morgan fingerprint density at radius 2 is 2.83 bits per heavy atom. The highest BCUT2D eigenvalue weighted by atomic mass is 15.1. The van der Waals surface area contributed by atoms with E-state index in [1.165, 1.54) is 0 Å². The quantitative estimate of drug-likeness (QED) is 0.356. The highest BCUT2D eigenvalue weighted by molar-refractivity contribution is 6.32. The van der Waals surface area contributed by atoms with Gasteiger partial charge in [0.25, 0.3) is 0 Å². The van der Waals surface area contributed by atoms with Gasteiger partial charge in [-0.05, 0) is 0 Å². The zero-order valence-corrected chi connectivity index (χ0v) is 3.31. The minimum absolute atomic E-state index is 0.795. The van der Waals surface area contributed by atoms with Gasteiger partial charge >= 0.3 is 7.55 Å². The summed E-state index contributed by atoms with van der Waals surface area (Å²) in [6.45, 7) is 0.795. The van der Waals surface area contributed by atoms with Gasteiger partial charge in [0.1, 0.15) is 0 Å². The summed E-state index contributed by atoms with van der Waals surface area (Å²) in [4.78, 5) is 3.70. The van der Waals surface area contributed by atoms with Crippen molar-refractivity contribution in [1.82, 2.24) is 10.5 Å². The van der Waals surface area contributed by atoms with Crippen LogP contribution in [0.15, 0.2) is 4.90 Å². The van der Waals surface area contributed by atoms with E-state index in [0.717, 1.165) is 6.67 Å². The van der Waals surface area contributed by atoms with Gasteiger partial charge in [0.15, 0.2) is 0 Å². The molecule has 0 aliphatic carbocycles. The number of rotatable bonds is 0. The van der Waals surface area contributed by atoms with Gasteiger partial charge in [0, 0.05) is 0 Å². The van der Waals surface area contributed by atoms with E-state index >= 15 is 0 Å². The van der Waals surface area contributed by atoms with Crippen molar-refractivity contribution in [2.75, 3.05) is 6.67 Å². The molecule has 0 atom stereocenters. The second kappa shape index (κ2) is 1.82. The summed E-state index contributed by atoms with van der Waals surface area (Å²) < 4.78 is 0. The average molecular weight is 81.9 g/mol. The van der Waals surface area contributed by atoms with Gasteiger partial charge in [0.2, 0.25) is 0 Å². The zero-order valence-electron chi connectivity index (χ0n) is 3.31. The van der Waals surface area contributed by atoms with Crippen molar-refractivity contribution >= 4 is 13.9 Å². The van der Waals surface area contributed by atoms with Crippen molar-refractivity contribution in [2.24, 2.45) is 4.90 Å². The molecule has 0 unspecified atom stereocenters. The first kappa shape index (κ1) is 3.68. The lowest BCUT2D eigenvalue weighted by Crippen LogP contribution is -2.34. The summed E-state index contributed by atoms with van der Waals surface area (Å²) in [5.74, 6) is 0. The molecule has 6 heavy (non-hydrogen) atoms. The predicted molar refractivity (Wildman–Crippen MR) is 25.4 cm³/mol. The Bertz CT molecular complexity index is 53.8. The summed E-state index contributed by atoms with van der Waals surface area (Å²) in [6, 6.07) is 0. The molecule has 0 aromatic carbocycles. The van der Waals surface area contributed by atoms with Crippen LogP contribution in [0.4, 0.5) is 0 Å². The molecule has 4 heteroatoms. The fourth-order valence-corrected chi connectivity index (χ4v) is 0.293. The highest BCUT2D eigenvalue weighted by Crippen LogP contribution is 1.58. The average Bonchev–Trinajstić information content (AvgIpc) is 1.72. The van der Waals surface area contributed by atoms with E-state index in [9.17, 15) is 0 Å². The molecule has 3 nitrogen and oxygen atoms in total. The standard InChI is InChI=1S/C2H5BN3/c1-4-2-6-3-5-1/h1,6H,2H2,(H,4,5). The Kier molecular flexibility index (Phi) is 1.11. The largest absolute Gasteiger partial charge is 0.373 e. The van der Waals surface area contributed by atoms with Gasteiger partial charge in [-0.15, -0.1) is 0 Å². The molecule has 1 aliphatic heterocycles. The molecule has 0 saturated heterocycles. The van der Waals surface area contributed by atoms with Gasteiger partial charge < -0.3 is 15.4 Å². The first-order chi connectivity index (χ1) is 3.00. The van der Waals surface area contributed by atoms with Crippen LogP contribution in [0.1, 0.15) is 0 Å². The first-order valence-electron chi connectivity index (χ1n) is 1.80. The normalized spacial score (nSPS) is 18.7. The zero-order chi connectivity index (χ0) is 4.24. The predicted octanol–water partition coefficient (Wildman–Crippen LogP) is -1.30. The summed E-state index contributed by atoms with van der Waals surface area (Å²) >= 11 is 0. The third-order valence-corrected chi connectivity index (χ3v) is 0.536. The van der Waals surface area contributed by atoms with Crippen LogP contribution in [-0.4, -0.2) is 20.6 Å². The van der Waals surface area contributed by atoms with Crippen molar-refractivity contribution in [1.29, 1.82) is 0 Å². The van der Waals surface area contributed by atoms with Crippen LogP contribution >= 0.6 is 0 Å². The molecule has 0 spiro atoms. The van der Waals surface area contributed by atoms with E-state index < -0.39 is 0 Å². The Morgan fingerprint density at radius 3 is 3.00 bits per heavy atom. The molecular weight excluding hydrogens is 76.9 g/mol. The molecule has 0 saturated carbocycles. The highest BCUT2D eigenvalue weighted by Gasteiger charge is 1.87. The van der Waals surface area contributed by atoms with Crippen LogP contribution in [0.3, 0.4) is 0 Å². The molecule has 0 aromatic heterocycles. The van der Waals surface area contributed by atoms with Crippen LogP contribution < -0.4 is 10.5 Å². The van der Waals surface area contributed by atoms with Crippen molar-refractivity contribution < 1.29 is 0 Å². The molecule has 0 aromatic rings. The lowest BCUT2D eigenvalue weighted by Gasteiger charge is -2.02. The van der Waals surface area contributed by atoms with Crippen LogP contribution in [0.2, 0.25) is 0 Å². The fourth-order valence-electron chi connectivity index (χ4n) is 0.293. The lowest BCUT2D eigenvalue weighted by molar-refractivity contribution is 0.847. The van der Waals surface area contributed by atoms with Crippen molar-refractivity contribution in [3.63, 3.8) is 0 Å². The molecule has 1 heterocycles. The third kappa shape index (κ3) is 0.720. The van der Waals surface area contributed by atoms with Crippen LogP contribution in [0, 0.1) is 0 Å². The van der Waals surface area contributed by atoms with Crippen LogP contribution in [0.5, 0.6) is 0 Å². The molecule has 0 fully saturated rings. The molecule has 1 rings (SSSR count). The van der Waals surface area contributed by atoms with E-state index in [4.69, 9.17) is 0 Å². The first-order valence-corrected chi connectivity index (χ1v) is 1.80. The van der Waals surface area contributed by atoms with Crippen LogP contribution in [0.25, 0.3) is 0 Å².